The number of anilines is 1. The molecule has 1 aromatic carbocycles. The van der Waals surface area contributed by atoms with E-state index in [1.165, 1.54) is 0 Å². The highest BCUT2D eigenvalue weighted by molar-refractivity contribution is 6.01. The van der Waals surface area contributed by atoms with Gasteiger partial charge in [0.2, 0.25) is 0 Å². The van der Waals surface area contributed by atoms with Crippen LogP contribution in [0.25, 0.3) is 0 Å². The van der Waals surface area contributed by atoms with E-state index in [-0.39, 0.29) is 11.3 Å². The number of nitro benzene ring substituents is 1. The van der Waals surface area contributed by atoms with Crippen molar-refractivity contribution in [2.75, 3.05) is 5.73 Å². The van der Waals surface area contributed by atoms with E-state index in [0.717, 1.165) is 12.5 Å². The second-order valence-electron chi connectivity index (χ2n) is 5.77. The molecule has 9 nitrogen and oxygen atoms in total. The molecule has 1 atom stereocenters. The Kier molecular flexibility index (Phi) is 4.34. The first-order valence-corrected chi connectivity index (χ1v) is 7.88. The Morgan fingerprint density at radius 1 is 1.56 bits per heavy atom. The van der Waals surface area contributed by atoms with Gasteiger partial charge in [0.05, 0.1) is 22.6 Å². The highest BCUT2D eigenvalue weighted by Crippen LogP contribution is 2.28. The first-order chi connectivity index (χ1) is 11.9. The Labute approximate surface area is 142 Å². The predicted molar refractivity (Wildman–Crippen MR) is 86.3 cm³/mol. The maximum absolute atomic E-state index is 13.6. The molecule has 2 heterocycles. The van der Waals surface area contributed by atoms with Crippen molar-refractivity contribution in [1.29, 1.82) is 0 Å². The number of hydrogen-bond acceptors (Lipinski definition) is 6. The van der Waals surface area contributed by atoms with Crippen molar-refractivity contribution >= 4 is 17.3 Å². The fraction of sp³-hybridized carbons (Fsp3) is 0.400. The van der Waals surface area contributed by atoms with E-state index in [2.05, 4.69) is 15.4 Å². The average molecular weight is 348 g/mol. The van der Waals surface area contributed by atoms with Gasteiger partial charge in [-0.1, -0.05) is 6.92 Å². The summed E-state index contributed by atoms with van der Waals surface area (Å²) >= 11 is 0. The van der Waals surface area contributed by atoms with Gasteiger partial charge < -0.3 is 11.1 Å². The number of nitrogens with two attached hydrogens (primary N) is 1. The minimum absolute atomic E-state index is 0.265. The highest BCUT2D eigenvalue weighted by Gasteiger charge is 2.28. The van der Waals surface area contributed by atoms with E-state index >= 15 is 0 Å². The van der Waals surface area contributed by atoms with Gasteiger partial charge in [-0.2, -0.15) is 5.10 Å². The van der Waals surface area contributed by atoms with Crippen molar-refractivity contribution in [3.8, 4) is 0 Å². The molecule has 0 fully saturated rings. The Hall–Kier alpha value is -3.04. The van der Waals surface area contributed by atoms with E-state index in [4.69, 9.17) is 5.73 Å². The zero-order chi connectivity index (χ0) is 18.1. The molecule has 0 saturated heterocycles. The van der Waals surface area contributed by atoms with Crippen LogP contribution in [0.5, 0.6) is 0 Å². The van der Waals surface area contributed by atoms with Crippen LogP contribution in [0.3, 0.4) is 0 Å². The molecule has 132 valence electrons. The molecule has 0 aliphatic carbocycles. The van der Waals surface area contributed by atoms with E-state index < -0.39 is 28.4 Å². The topological polar surface area (TPSA) is 129 Å². The van der Waals surface area contributed by atoms with E-state index in [0.29, 0.717) is 37.1 Å². The number of nitrogen functional groups attached to an aromatic ring is 1. The lowest BCUT2D eigenvalue weighted by molar-refractivity contribution is -0.384. The van der Waals surface area contributed by atoms with Crippen LogP contribution in [0.1, 0.15) is 47.8 Å². The first-order valence-electron chi connectivity index (χ1n) is 7.88. The van der Waals surface area contributed by atoms with Gasteiger partial charge in [-0.15, -0.1) is 0 Å². The molecule has 1 aromatic heterocycles. The molecular formula is C15H17FN6O3. The minimum atomic E-state index is -0.897. The van der Waals surface area contributed by atoms with Gasteiger partial charge in [0.15, 0.2) is 5.82 Å². The number of nitrogens with zero attached hydrogens (tertiary/aromatic N) is 4. The molecule has 2 aromatic rings. The second kappa shape index (κ2) is 6.46. The number of benzene rings is 1. The van der Waals surface area contributed by atoms with Crippen LogP contribution >= 0.6 is 0 Å². The van der Waals surface area contributed by atoms with Crippen molar-refractivity contribution in [3.63, 3.8) is 0 Å². The van der Waals surface area contributed by atoms with Crippen LogP contribution in [0, 0.1) is 15.9 Å². The summed E-state index contributed by atoms with van der Waals surface area (Å²) in [6, 6.07) is 1.18. The van der Waals surface area contributed by atoms with E-state index in [1.54, 1.807) is 4.68 Å². The third-order valence-electron chi connectivity index (χ3n) is 4.10. The molecule has 0 saturated carbocycles. The fourth-order valence-electron chi connectivity index (χ4n) is 2.86. The van der Waals surface area contributed by atoms with Gasteiger partial charge in [-0.05, 0) is 18.9 Å². The van der Waals surface area contributed by atoms with Gasteiger partial charge >= 0.3 is 0 Å². The number of hydrogen-bond donors (Lipinski definition) is 2. The highest BCUT2D eigenvalue weighted by atomic mass is 19.1. The summed E-state index contributed by atoms with van der Waals surface area (Å²) in [6.07, 6.45) is 2.11. The van der Waals surface area contributed by atoms with Gasteiger partial charge in [-0.25, -0.2) is 14.1 Å². The van der Waals surface area contributed by atoms with Crippen LogP contribution < -0.4 is 11.1 Å². The summed E-state index contributed by atoms with van der Waals surface area (Å²) in [7, 11) is 0. The minimum Gasteiger partial charge on any atom is -0.393 e. The first kappa shape index (κ1) is 16.8. The van der Waals surface area contributed by atoms with Crippen molar-refractivity contribution in [2.24, 2.45) is 0 Å². The maximum atomic E-state index is 13.6. The lowest BCUT2D eigenvalue weighted by Crippen LogP contribution is -2.33. The smallest absolute Gasteiger partial charge is 0.295 e. The number of nitro groups is 1. The molecule has 0 bridgehead atoms. The molecule has 25 heavy (non-hydrogen) atoms. The zero-order valence-electron chi connectivity index (χ0n) is 13.5. The number of aryl methyl sites for hydroxylation is 2. The Bertz CT molecular complexity index is 850. The molecule has 10 heteroatoms. The zero-order valence-corrected chi connectivity index (χ0v) is 13.5. The lowest BCUT2D eigenvalue weighted by Gasteiger charge is -2.23. The number of halogens is 1. The van der Waals surface area contributed by atoms with Crippen LogP contribution in [0.2, 0.25) is 0 Å². The summed E-state index contributed by atoms with van der Waals surface area (Å²) < 4.78 is 15.4. The largest absolute Gasteiger partial charge is 0.393 e. The standard InChI is InChI=1S/C15H17FN6O3/c1-2-12-19-14-10(4-3-5-21(14)20-12)18-15(23)9-6-8(16)7-11(13(9)17)22(24)25/h6-7,10H,2-5,17H2,1H3,(H,18,23)/t10-/m0/s1. The molecule has 3 rings (SSSR count). The van der Waals surface area contributed by atoms with Crippen molar-refractivity contribution < 1.29 is 14.1 Å². The SMILES string of the molecule is CCc1nc2n(n1)CCC[C@@H]2NC(=O)c1cc(F)cc([N+](=O)[O-])c1N. The number of fused-ring (bicyclic) bond motifs is 1. The van der Waals surface area contributed by atoms with Crippen molar-refractivity contribution in [2.45, 2.75) is 38.8 Å². The molecule has 3 N–H and O–H groups in total. The quantitative estimate of drug-likeness (QED) is 0.492. The van der Waals surface area contributed by atoms with Crippen LogP contribution in [-0.4, -0.2) is 25.6 Å². The second-order valence-corrected chi connectivity index (χ2v) is 5.77. The molecule has 1 aliphatic heterocycles. The lowest BCUT2D eigenvalue weighted by atomic mass is 10.1. The molecule has 0 unspecified atom stereocenters. The molecule has 1 amide bonds. The van der Waals surface area contributed by atoms with E-state index in [9.17, 15) is 19.3 Å². The normalized spacial score (nSPS) is 16.3. The molecule has 1 aliphatic rings. The van der Waals surface area contributed by atoms with Crippen LogP contribution in [0.4, 0.5) is 15.8 Å². The monoisotopic (exact) mass is 348 g/mol. The molecular weight excluding hydrogens is 331 g/mol. The summed E-state index contributed by atoms with van der Waals surface area (Å²) in [5.74, 6) is -0.274. The molecule has 0 radical (unpaired) electrons. The Balaban J connectivity index is 1.89. The van der Waals surface area contributed by atoms with Crippen LogP contribution in [0.15, 0.2) is 12.1 Å². The van der Waals surface area contributed by atoms with Crippen molar-refractivity contribution in [1.82, 2.24) is 20.1 Å². The number of rotatable bonds is 4. The molecule has 0 spiro atoms. The number of aromatic nitrogens is 3. The van der Waals surface area contributed by atoms with Gasteiger partial charge in [0, 0.05) is 13.0 Å². The number of nitrogens with one attached hydrogen (secondary N) is 1. The summed E-state index contributed by atoms with van der Waals surface area (Å²) in [6.45, 7) is 2.64. The van der Waals surface area contributed by atoms with Gasteiger partial charge in [-0.3, -0.25) is 14.9 Å². The summed E-state index contributed by atoms with van der Waals surface area (Å²) in [5, 5.41) is 18.0. The Morgan fingerprint density at radius 2 is 2.32 bits per heavy atom. The number of carbonyl (C=O) groups is 1. The number of carbonyl (C=O) groups excluding carboxylic acids is 1. The maximum Gasteiger partial charge on any atom is 0.295 e. The van der Waals surface area contributed by atoms with Crippen molar-refractivity contribution in [3.05, 3.63) is 45.3 Å². The number of amides is 1. The predicted octanol–water partition coefficient (Wildman–Crippen LogP) is 1.73. The van der Waals surface area contributed by atoms with E-state index in [1.807, 2.05) is 6.92 Å². The summed E-state index contributed by atoms with van der Waals surface area (Å²) in [4.78, 5) is 27.0. The van der Waals surface area contributed by atoms with Gasteiger partial charge in [0.1, 0.15) is 17.3 Å². The average Bonchev–Trinajstić information content (AvgIpc) is 3.00. The third-order valence-corrected chi connectivity index (χ3v) is 4.10. The third kappa shape index (κ3) is 3.14. The fourth-order valence-corrected chi connectivity index (χ4v) is 2.86. The Morgan fingerprint density at radius 3 is 3.00 bits per heavy atom. The van der Waals surface area contributed by atoms with Crippen LogP contribution in [-0.2, 0) is 13.0 Å². The van der Waals surface area contributed by atoms with Gasteiger partial charge in [0.25, 0.3) is 11.6 Å². The summed E-state index contributed by atoms with van der Waals surface area (Å²) in [5.41, 5.74) is 4.41.